The van der Waals surface area contributed by atoms with Crippen LogP contribution in [0.5, 0.6) is 0 Å². The van der Waals surface area contributed by atoms with Gasteiger partial charge < -0.3 is 10.0 Å². The molecule has 1 amide bonds. The number of aliphatic hydroxyl groups is 1. The molecule has 114 valence electrons. The fourth-order valence-corrected chi connectivity index (χ4v) is 2.78. The zero-order chi connectivity index (χ0) is 15.4. The quantitative estimate of drug-likeness (QED) is 0.865. The average Bonchev–Trinajstić information content (AvgIpc) is 2.96. The van der Waals surface area contributed by atoms with Gasteiger partial charge in [-0.3, -0.25) is 4.79 Å². The Hall–Kier alpha value is -1.61. The maximum absolute atomic E-state index is 12.4. The molecule has 0 bridgehead atoms. The molecule has 1 heterocycles. The number of carbonyl (C=O) groups is 1. The first-order valence-electron chi connectivity index (χ1n) is 7.75. The van der Waals surface area contributed by atoms with E-state index in [1.807, 2.05) is 4.90 Å². The molecule has 1 aliphatic heterocycles. The molecule has 1 aromatic rings. The Kier molecular flexibility index (Phi) is 5.18. The third-order valence-electron chi connectivity index (χ3n) is 4.32. The zero-order valence-electron chi connectivity index (χ0n) is 13.2. The lowest BCUT2D eigenvalue weighted by atomic mass is 10.0. The fraction of sp³-hybridized carbons (Fsp3) is 0.500. The molecular weight excluding hydrogens is 262 g/mol. The van der Waals surface area contributed by atoms with Gasteiger partial charge in [0.2, 0.25) is 5.91 Å². The topological polar surface area (TPSA) is 40.5 Å². The molecule has 2 unspecified atom stereocenters. The van der Waals surface area contributed by atoms with Crippen LogP contribution in [0.15, 0.2) is 30.3 Å². The lowest BCUT2D eigenvalue weighted by Crippen LogP contribution is -2.29. The van der Waals surface area contributed by atoms with Gasteiger partial charge in [-0.15, -0.1) is 0 Å². The highest BCUT2D eigenvalue weighted by atomic mass is 16.3. The standard InChI is InChI=1S/C18H25NO2/c1-4-15(16-7-5-13(2)6-8-16)11-18(21)19-10-9-17(12-19)14(3)20/h5-8,11,14,17,20H,4,9-10,12H2,1-3H3/b15-11-. The smallest absolute Gasteiger partial charge is 0.246 e. The molecule has 1 fully saturated rings. The summed E-state index contributed by atoms with van der Waals surface area (Å²) >= 11 is 0. The van der Waals surface area contributed by atoms with Crippen molar-refractivity contribution in [2.45, 2.75) is 39.7 Å². The predicted molar refractivity (Wildman–Crippen MR) is 85.8 cm³/mol. The molecule has 0 radical (unpaired) electrons. The van der Waals surface area contributed by atoms with Gasteiger partial charge in [0.1, 0.15) is 0 Å². The van der Waals surface area contributed by atoms with Crippen LogP contribution in [0.1, 0.15) is 37.8 Å². The third-order valence-corrected chi connectivity index (χ3v) is 4.32. The number of benzene rings is 1. The van der Waals surface area contributed by atoms with E-state index in [4.69, 9.17) is 0 Å². The van der Waals surface area contributed by atoms with Crippen molar-refractivity contribution in [2.24, 2.45) is 5.92 Å². The molecule has 21 heavy (non-hydrogen) atoms. The SMILES string of the molecule is CC/C(=C/C(=O)N1CCC(C(C)O)C1)c1ccc(C)cc1. The van der Waals surface area contributed by atoms with E-state index in [1.165, 1.54) is 5.56 Å². The first-order chi connectivity index (χ1) is 10.0. The monoisotopic (exact) mass is 287 g/mol. The minimum atomic E-state index is -0.338. The molecule has 3 nitrogen and oxygen atoms in total. The van der Waals surface area contributed by atoms with Crippen molar-refractivity contribution in [1.29, 1.82) is 0 Å². The van der Waals surface area contributed by atoms with Crippen LogP contribution in [0.2, 0.25) is 0 Å². The Labute approximate surface area is 127 Å². The van der Waals surface area contributed by atoms with Gasteiger partial charge in [0.15, 0.2) is 0 Å². The Morgan fingerprint density at radius 3 is 2.62 bits per heavy atom. The van der Waals surface area contributed by atoms with Gasteiger partial charge in [0.05, 0.1) is 6.10 Å². The van der Waals surface area contributed by atoms with Crippen LogP contribution >= 0.6 is 0 Å². The average molecular weight is 287 g/mol. The van der Waals surface area contributed by atoms with Crippen LogP contribution in [0.25, 0.3) is 5.57 Å². The molecule has 3 heteroatoms. The van der Waals surface area contributed by atoms with E-state index in [9.17, 15) is 9.90 Å². The zero-order valence-corrected chi connectivity index (χ0v) is 13.2. The van der Waals surface area contributed by atoms with Gasteiger partial charge in [0.25, 0.3) is 0 Å². The van der Waals surface area contributed by atoms with Gasteiger partial charge in [-0.1, -0.05) is 36.8 Å². The van der Waals surface area contributed by atoms with E-state index in [-0.39, 0.29) is 17.9 Å². The fourth-order valence-electron chi connectivity index (χ4n) is 2.78. The Morgan fingerprint density at radius 1 is 1.43 bits per heavy atom. The minimum Gasteiger partial charge on any atom is -0.393 e. The number of allylic oxidation sites excluding steroid dienone is 1. The minimum absolute atomic E-state index is 0.0653. The lowest BCUT2D eigenvalue weighted by Gasteiger charge is -2.17. The molecule has 0 spiro atoms. The first kappa shape index (κ1) is 15.8. The van der Waals surface area contributed by atoms with Crippen molar-refractivity contribution in [1.82, 2.24) is 4.90 Å². The van der Waals surface area contributed by atoms with E-state index < -0.39 is 0 Å². The number of aliphatic hydroxyl groups excluding tert-OH is 1. The predicted octanol–water partition coefficient (Wildman–Crippen LogP) is 3.02. The number of hydrogen-bond donors (Lipinski definition) is 1. The number of hydrogen-bond acceptors (Lipinski definition) is 2. The number of rotatable bonds is 4. The molecule has 2 rings (SSSR count). The van der Waals surface area contributed by atoms with Crippen molar-refractivity contribution in [3.05, 3.63) is 41.5 Å². The summed E-state index contributed by atoms with van der Waals surface area (Å²) < 4.78 is 0. The highest BCUT2D eigenvalue weighted by molar-refractivity contribution is 5.95. The number of nitrogens with zero attached hydrogens (tertiary/aromatic N) is 1. The molecule has 0 aliphatic carbocycles. The second kappa shape index (κ2) is 6.90. The summed E-state index contributed by atoms with van der Waals surface area (Å²) in [6.45, 7) is 7.35. The number of amides is 1. The molecule has 0 saturated carbocycles. The van der Waals surface area contributed by atoms with Gasteiger partial charge in [0, 0.05) is 25.1 Å². The summed E-state index contributed by atoms with van der Waals surface area (Å²) in [6, 6.07) is 8.28. The maximum Gasteiger partial charge on any atom is 0.246 e. The van der Waals surface area contributed by atoms with Gasteiger partial charge in [-0.25, -0.2) is 0 Å². The first-order valence-corrected chi connectivity index (χ1v) is 7.75. The number of likely N-dealkylation sites (tertiary alicyclic amines) is 1. The van der Waals surface area contributed by atoms with Crippen molar-refractivity contribution in [3.8, 4) is 0 Å². The highest BCUT2D eigenvalue weighted by Crippen LogP contribution is 2.23. The third kappa shape index (κ3) is 3.94. The van der Waals surface area contributed by atoms with Crippen LogP contribution in [0, 0.1) is 12.8 Å². The van der Waals surface area contributed by atoms with E-state index in [0.29, 0.717) is 6.54 Å². The van der Waals surface area contributed by atoms with E-state index >= 15 is 0 Å². The van der Waals surface area contributed by atoms with E-state index in [0.717, 1.165) is 30.5 Å². The van der Waals surface area contributed by atoms with Crippen molar-refractivity contribution >= 4 is 11.5 Å². The summed E-state index contributed by atoms with van der Waals surface area (Å²) in [7, 11) is 0. The number of carbonyl (C=O) groups excluding carboxylic acids is 1. The maximum atomic E-state index is 12.4. The molecular formula is C18H25NO2. The van der Waals surface area contributed by atoms with Crippen molar-refractivity contribution < 1.29 is 9.90 Å². The molecule has 1 aromatic carbocycles. The van der Waals surface area contributed by atoms with Crippen molar-refractivity contribution in [2.75, 3.05) is 13.1 Å². The molecule has 1 saturated heterocycles. The number of aryl methyl sites for hydroxylation is 1. The summed E-state index contributed by atoms with van der Waals surface area (Å²) in [6.07, 6.45) is 3.15. The van der Waals surface area contributed by atoms with Crippen LogP contribution in [-0.2, 0) is 4.79 Å². The van der Waals surface area contributed by atoms with E-state index in [2.05, 4.69) is 38.1 Å². The second-order valence-corrected chi connectivity index (χ2v) is 5.96. The van der Waals surface area contributed by atoms with Gasteiger partial charge >= 0.3 is 0 Å². The highest BCUT2D eigenvalue weighted by Gasteiger charge is 2.28. The second-order valence-electron chi connectivity index (χ2n) is 5.96. The Morgan fingerprint density at radius 2 is 2.10 bits per heavy atom. The summed E-state index contributed by atoms with van der Waals surface area (Å²) in [5.41, 5.74) is 3.41. The Bertz CT molecular complexity index is 517. The van der Waals surface area contributed by atoms with Crippen LogP contribution in [0.3, 0.4) is 0 Å². The van der Waals surface area contributed by atoms with Gasteiger partial charge in [-0.05, 0) is 37.8 Å². The normalized spacial score (nSPS) is 20.7. The van der Waals surface area contributed by atoms with E-state index in [1.54, 1.807) is 13.0 Å². The molecule has 1 aliphatic rings. The van der Waals surface area contributed by atoms with Crippen LogP contribution in [-0.4, -0.2) is 35.1 Å². The van der Waals surface area contributed by atoms with Crippen LogP contribution < -0.4 is 0 Å². The van der Waals surface area contributed by atoms with Gasteiger partial charge in [-0.2, -0.15) is 0 Å². The Balaban J connectivity index is 2.09. The summed E-state index contributed by atoms with van der Waals surface area (Å²) in [4.78, 5) is 14.2. The largest absolute Gasteiger partial charge is 0.393 e. The molecule has 2 atom stereocenters. The van der Waals surface area contributed by atoms with Crippen molar-refractivity contribution in [3.63, 3.8) is 0 Å². The summed E-state index contributed by atoms with van der Waals surface area (Å²) in [5, 5.41) is 9.63. The lowest BCUT2D eigenvalue weighted by molar-refractivity contribution is -0.125. The summed E-state index contributed by atoms with van der Waals surface area (Å²) in [5.74, 6) is 0.280. The molecule has 0 aromatic heterocycles. The van der Waals surface area contributed by atoms with Crippen LogP contribution in [0.4, 0.5) is 0 Å². The molecule has 1 N–H and O–H groups in total.